The third-order valence-corrected chi connectivity index (χ3v) is 4.68. The fourth-order valence-corrected chi connectivity index (χ4v) is 2.92. The molecule has 0 spiro atoms. The number of pyridine rings is 1. The Labute approximate surface area is 187 Å². The van der Waals surface area contributed by atoms with Gasteiger partial charge in [-0.1, -0.05) is 43.6 Å². The zero-order valence-electron chi connectivity index (χ0n) is 16.3. The second-order valence-electron chi connectivity index (χ2n) is 6.98. The van der Waals surface area contributed by atoms with Gasteiger partial charge in [-0.15, -0.1) is 34.2 Å². The molecule has 0 aliphatic heterocycles. The first-order valence-electron chi connectivity index (χ1n) is 9.06. The van der Waals surface area contributed by atoms with Gasteiger partial charge in [-0.2, -0.15) is 0 Å². The van der Waals surface area contributed by atoms with E-state index in [1.54, 1.807) is 0 Å². The minimum absolute atomic E-state index is 0. The Balaban J connectivity index is 0.00000280. The molecule has 0 unspecified atom stereocenters. The predicted molar refractivity (Wildman–Crippen MR) is 126 cm³/mol. The summed E-state index contributed by atoms with van der Waals surface area (Å²) in [6.45, 7) is 8.41. The van der Waals surface area contributed by atoms with E-state index in [9.17, 15) is 0 Å². The van der Waals surface area contributed by atoms with E-state index in [-0.39, 0.29) is 29.4 Å². The number of fused-ring (bicyclic) bond motifs is 1. The van der Waals surface area contributed by atoms with Crippen LogP contribution in [0.4, 0.5) is 0 Å². The number of aliphatic imine (C=N–C) groups is 1. The van der Waals surface area contributed by atoms with Crippen molar-refractivity contribution in [3.05, 3.63) is 65.1 Å². The second kappa shape index (κ2) is 10.1. The Morgan fingerprint density at radius 1 is 1.11 bits per heavy atom. The average molecular weight is 513 g/mol. The Kier molecular flexibility index (Phi) is 8.06. The van der Waals surface area contributed by atoms with Crippen molar-refractivity contribution in [3.8, 4) is 0 Å². The first kappa shape index (κ1) is 22.4. The summed E-state index contributed by atoms with van der Waals surface area (Å²) < 4.78 is 1.95. The summed E-state index contributed by atoms with van der Waals surface area (Å²) in [6, 6.07) is 13.8. The standard InChI is InChI=1S/C20H25ClN6.HI/c1-4-22-19(23-13-18-26-25-17-7-5-6-12-27(17)18)24-14-20(2,3)15-8-10-16(21)11-9-15;/h5-12H,4,13-14H2,1-3H3,(H2,22,23,24);1H. The van der Waals surface area contributed by atoms with E-state index >= 15 is 0 Å². The minimum atomic E-state index is -0.0671. The van der Waals surface area contributed by atoms with Crippen LogP contribution in [0.5, 0.6) is 0 Å². The summed E-state index contributed by atoms with van der Waals surface area (Å²) in [5, 5.41) is 15.9. The SMILES string of the molecule is CCNC(=NCc1nnc2ccccn12)NCC(C)(C)c1ccc(Cl)cc1.I. The van der Waals surface area contributed by atoms with E-state index in [2.05, 4.69) is 51.8 Å². The fraction of sp³-hybridized carbons (Fsp3) is 0.350. The first-order valence-corrected chi connectivity index (χ1v) is 9.44. The van der Waals surface area contributed by atoms with Crippen molar-refractivity contribution in [1.29, 1.82) is 0 Å². The Morgan fingerprint density at radius 3 is 2.57 bits per heavy atom. The summed E-state index contributed by atoms with van der Waals surface area (Å²) in [5.74, 6) is 1.56. The summed E-state index contributed by atoms with van der Waals surface area (Å²) in [7, 11) is 0. The van der Waals surface area contributed by atoms with Crippen molar-refractivity contribution >= 4 is 47.2 Å². The number of hydrogen-bond acceptors (Lipinski definition) is 3. The molecule has 0 bridgehead atoms. The van der Waals surface area contributed by atoms with Crippen LogP contribution in [-0.4, -0.2) is 33.6 Å². The molecule has 8 heteroatoms. The molecule has 6 nitrogen and oxygen atoms in total. The molecule has 2 aromatic heterocycles. The lowest BCUT2D eigenvalue weighted by Crippen LogP contribution is -2.43. The van der Waals surface area contributed by atoms with Gasteiger partial charge in [-0.05, 0) is 36.8 Å². The van der Waals surface area contributed by atoms with E-state index < -0.39 is 0 Å². The Hall–Kier alpha value is -1.87. The molecule has 3 aromatic rings. The van der Waals surface area contributed by atoms with Gasteiger partial charge in [0.15, 0.2) is 17.4 Å². The van der Waals surface area contributed by atoms with Crippen LogP contribution >= 0.6 is 35.6 Å². The van der Waals surface area contributed by atoms with E-state index in [4.69, 9.17) is 11.6 Å². The highest BCUT2D eigenvalue weighted by Gasteiger charge is 2.21. The van der Waals surface area contributed by atoms with Crippen molar-refractivity contribution in [1.82, 2.24) is 25.2 Å². The van der Waals surface area contributed by atoms with Crippen LogP contribution in [0.15, 0.2) is 53.7 Å². The maximum Gasteiger partial charge on any atom is 0.191 e. The van der Waals surface area contributed by atoms with Crippen molar-refractivity contribution < 1.29 is 0 Å². The van der Waals surface area contributed by atoms with Crippen LogP contribution < -0.4 is 10.6 Å². The summed E-state index contributed by atoms with van der Waals surface area (Å²) in [4.78, 5) is 4.67. The van der Waals surface area contributed by atoms with Gasteiger partial charge in [-0.3, -0.25) is 4.40 Å². The van der Waals surface area contributed by atoms with Gasteiger partial charge in [0.25, 0.3) is 0 Å². The number of nitrogens with zero attached hydrogens (tertiary/aromatic N) is 4. The normalized spacial score (nSPS) is 11.9. The van der Waals surface area contributed by atoms with Gasteiger partial charge < -0.3 is 10.6 Å². The zero-order chi connectivity index (χ0) is 19.3. The molecule has 0 amide bonds. The highest BCUT2D eigenvalue weighted by molar-refractivity contribution is 14.0. The lowest BCUT2D eigenvalue weighted by atomic mass is 9.85. The van der Waals surface area contributed by atoms with Crippen LogP contribution in [0.1, 0.15) is 32.2 Å². The third kappa shape index (κ3) is 5.57. The summed E-state index contributed by atoms with van der Waals surface area (Å²) in [6.07, 6.45) is 1.95. The zero-order valence-corrected chi connectivity index (χ0v) is 19.4. The molecule has 1 aromatic carbocycles. The number of hydrogen-bond donors (Lipinski definition) is 2. The summed E-state index contributed by atoms with van der Waals surface area (Å²) >= 11 is 6.00. The van der Waals surface area contributed by atoms with Crippen LogP contribution in [-0.2, 0) is 12.0 Å². The Bertz CT molecular complexity index is 920. The predicted octanol–water partition coefficient (Wildman–Crippen LogP) is 4.03. The van der Waals surface area contributed by atoms with Gasteiger partial charge in [0, 0.05) is 29.7 Å². The summed E-state index contributed by atoms with van der Waals surface area (Å²) in [5.41, 5.74) is 1.98. The first-order chi connectivity index (χ1) is 13.0. The van der Waals surface area contributed by atoms with Gasteiger partial charge in [0.1, 0.15) is 6.54 Å². The monoisotopic (exact) mass is 512 g/mol. The molecule has 0 saturated carbocycles. The minimum Gasteiger partial charge on any atom is -0.357 e. The average Bonchev–Trinajstić information content (AvgIpc) is 3.08. The highest BCUT2D eigenvalue weighted by atomic mass is 127. The maximum absolute atomic E-state index is 6.00. The quantitative estimate of drug-likeness (QED) is 0.297. The van der Waals surface area contributed by atoms with Gasteiger partial charge in [-0.25, -0.2) is 4.99 Å². The van der Waals surface area contributed by atoms with Gasteiger partial charge in [0.05, 0.1) is 0 Å². The van der Waals surface area contributed by atoms with Crippen molar-refractivity contribution in [2.75, 3.05) is 13.1 Å². The molecule has 2 heterocycles. The Morgan fingerprint density at radius 2 is 1.86 bits per heavy atom. The molecule has 0 atom stereocenters. The van der Waals surface area contributed by atoms with Crippen molar-refractivity contribution in [3.63, 3.8) is 0 Å². The van der Waals surface area contributed by atoms with Crippen LogP contribution in [0, 0.1) is 0 Å². The molecule has 0 aliphatic rings. The van der Waals surface area contributed by atoms with Gasteiger partial charge in [0.2, 0.25) is 0 Å². The molecule has 0 saturated heterocycles. The molecule has 2 N–H and O–H groups in total. The van der Waals surface area contributed by atoms with E-state index in [0.29, 0.717) is 6.54 Å². The van der Waals surface area contributed by atoms with Crippen molar-refractivity contribution in [2.24, 2.45) is 4.99 Å². The van der Waals surface area contributed by atoms with E-state index in [0.717, 1.165) is 35.5 Å². The number of benzene rings is 1. The molecule has 150 valence electrons. The molecular weight excluding hydrogens is 487 g/mol. The van der Waals surface area contributed by atoms with E-state index in [1.165, 1.54) is 5.56 Å². The maximum atomic E-state index is 6.00. The lowest BCUT2D eigenvalue weighted by molar-refractivity contribution is 0.508. The second-order valence-corrected chi connectivity index (χ2v) is 7.42. The number of halogens is 2. The lowest BCUT2D eigenvalue weighted by Gasteiger charge is -2.27. The molecule has 0 radical (unpaired) electrons. The largest absolute Gasteiger partial charge is 0.357 e. The molecule has 0 fully saturated rings. The smallest absolute Gasteiger partial charge is 0.191 e. The van der Waals surface area contributed by atoms with Crippen LogP contribution in [0.2, 0.25) is 5.02 Å². The molecule has 3 rings (SSSR count). The number of nitrogens with one attached hydrogen (secondary N) is 2. The fourth-order valence-electron chi connectivity index (χ4n) is 2.80. The third-order valence-electron chi connectivity index (χ3n) is 4.43. The number of aromatic nitrogens is 3. The topological polar surface area (TPSA) is 66.6 Å². The number of guanidine groups is 1. The molecule has 28 heavy (non-hydrogen) atoms. The van der Waals surface area contributed by atoms with Gasteiger partial charge >= 0.3 is 0 Å². The van der Waals surface area contributed by atoms with E-state index in [1.807, 2.05) is 47.9 Å². The van der Waals surface area contributed by atoms with Crippen molar-refractivity contribution in [2.45, 2.75) is 32.7 Å². The number of rotatable bonds is 6. The molecule has 0 aliphatic carbocycles. The highest BCUT2D eigenvalue weighted by Crippen LogP contribution is 2.23. The molecular formula is C20H26ClIN6. The van der Waals surface area contributed by atoms with Crippen LogP contribution in [0.3, 0.4) is 0 Å². The van der Waals surface area contributed by atoms with Crippen LogP contribution in [0.25, 0.3) is 5.65 Å².